The van der Waals surface area contributed by atoms with E-state index in [9.17, 15) is 0 Å². The topological polar surface area (TPSA) is 91.8 Å². The number of benzene rings is 20. The van der Waals surface area contributed by atoms with Gasteiger partial charge in [0.1, 0.15) is 44.7 Å². The molecule has 0 radical (unpaired) electrons. The standard InChI is InChI=1S/C120H82N4O6/c1-69(2)73-50-59-78(60-51-73)123(101-39-20-35-92-86-28-14-17-43-109(86)126-118(92)101)106-67-98-99-68-107(124(79-61-52-74(53-62-79)70(3)4)102-40-21-36-93-87-29-15-18-44-110(87)127-119(93)102)84-63-54-75(64-95(84)116(99)130-115(98)90-32-12-9-26-83(90)106)80-33-23-45-111-112(80)94-37-22-41-103(120(94)128-111)122(77-57-48-72(6)49-58-77)105-66-97-96-65-104(81-24-7-10-30-88(81)113(96)129-114(97)89-31-11-8-25-82(89)105)121(76-55-46-71(5)47-56-76)100-38-19-34-91-85-27-13-16-42-108(85)125-117(91)100/h7-70H,1-6H3. The Morgan fingerprint density at radius 3 is 0.808 bits per heavy atom. The van der Waals surface area contributed by atoms with Gasteiger partial charge < -0.3 is 46.1 Å². The molecule has 20 aromatic carbocycles. The molecule has 0 unspecified atom stereocenters. The lowest BCUT2D eigenvalue weighted by atomic mass is 9.94. The number of para-hydroxylation sites is 7. The molecule has 26 rings (SSSR count). The van der Waals surface area contributed by atoms with Gasteiger partial charge in [-0.25, -0.2) is 0 Å². The second-order valence-corrected chi connectivity index (χ2v) is 35.4. The second-order valence-electron chi connectivity index (χ2n) is 35.4. The monoisotopic (exact) mass is 1670 g/mol. The van der Waals surface area contributed by atoms with Crippen LogP contribution >= 0.6 is 0 Å². The molecule has 0 aliphatic rings. The average Bonchev–Trinajstić information content (AvgIpc) is 1.28. The van der Waals surface area contributed by atoms with Crippen molar-refractivity contribution in [1.82, 2.24) is 0 Å². The summed E-state index contributed by atoms with van der Waals surface area (Å²) in [5.41, 5.74) is 27.7. The third-order valence-corrected chi connectivity index (χ3v) is 27.1. The summed E-state index contributed by atoms with van der Waals surface area (Å²) in [7, 11) is 0. The number of nitrogens with zero attached hydrogens (tertiary/aromatic N) is 4. The molecular weight excluding hydrogens is 1590 g/mol. The fraction of sp³-hybridized carbons (Fsp3) is 0.0667. The molecule has 26 aromatic rings. The molecule has 0 amide bonds. The van der Waals surface area contributed by atoms with Crippen LogP contribution < -0.4 is 19.6 Å². The lowest BCUT2D eigenvalue weighted by Gasteiger charge is -2.28. The predicted molar refractivity (Wildman–Crippen MR) is 542 cm³/mol. The molecule has 0 aliphatic carbocycles. The minimum absolute atomic E-state index is 0.303. The summed E-state index contributed by atoms with van der Waals surface area (Å²) in [6.45, 7) is 13.3. The third kappa shape index (κ3) is 11.5. The van der Waals surface area contributed by atoms with Gasteiger partial charge in [-0.15, -0.1) is 0 Å². The lowest BCUT2D eigenvalue weighted by Crippen LogP contribution is -2.11. The van der Waals surface area contributed by atoms with Crippen molar-refractivity contribution in [3.05, 3.63) is 398 Å². The molecule has 0 atom stereocenters. The van der Waals surface area contributed by atoms with Gasteiger partial charge in [0.05, 0.1) is 45.5 Å². The minimum Gasteiger partial charge on any atom is -0.455 e. The predicted octanol–water partition coefficient (Wildman–Crippen LogP) is 36.1. The van der Waals surface area contributed by atoms with Gasteiger partial charge in [0.15, 0.2) is 22.3 Å². The molecule has 0 aliphatic heterocycles. The fourth-order valence-electron chi connectivity index (χ4n) is 20.7. The van der Waals surface area contributed by atoms with Crippen LogP contribution in [0.2, 0.25) is 0 Å². The van der Waals surface area contributed by atoms with Crippen molar-refractivity contribution >= 4 is 243 Å². The van der Waals surface area contributed by atoms with E-state index < -0.39 is 0 Å². The maximum absolute atomic E-state index is 7.81. The fourth-order valence-corrected chi connectivity index (χ4v) is 20.7. The molecule has 0 fully saturated rings. The van der Waals surface area contributed by atoms with Crippen LogP contribution in [0.4, 0.5) is 68.2 Å². The van der Waals surface area contributed by atoms with Gasteiger partial charge in [-0.2, -0.15) is 0 Å². The Kier molecular flexibility index (Phi) is 16.7. The molecule has 0 bridgehead atoms. The normalized spacial score (nSPS) is 12.2. The Balaban J connectivity index is 0.705. The van der Waals surface area contributed by atoms with Crippen LogP contribution in [0.1, 0.15) is 61.8 Å². The van der Waals surface area contributed by atoms with Crippen molar-refractivity contribution in [2.24, 2.45) is 0 Å². The van der Waals surface area contributed by atoms with Crippen molar-refractivity contribution in [3.8, 4) is 11.1 Å². The van der Waals surface area contributed by atoms with Gasteiger partial charge in [-0.05, 0) is 175 Å². The third-order valence-electron chi connectivity index (χ3n) is 27.1. The first kappa shape index (κ1) is 74.8. The number of hydrogen-bond donors (Lipinski definition) is 0. The highest BCUT2D eigenvalue weighted by Gasteiger charge is 2.33. The molecule has 6 heterocycles. The number of hydrogen-bond acceptors (Lipinski definition) is 10. The van der Waals surface area contributed by atoms with Crippen LogP contribution in [0.5, 0.6) is 0 Å². The highest BCUT2D eigenvalue weighted by atomic mass is 16.4. The van der Waals surface area contributed by atoms with E-state index in [1.54, 1.807) is 0 Å². The quantitative estimate of drug-likeness (QED) is 0.0988. The maximum Gasteiger partial charge on any atom is 0.159 e. The molecule has 10 heteroatoms. The highest BCUT2D eigenvalue weighted by molar-refractivity contribution is 6.30. The number of rotatable bonds is 15. The average molecular weight is 1680 g/mol. The van der Waals surface area contributed by atoms with E-state index in [4.69, 9.17) is 26.5 Å². The van der Waals surface area contributed by atoms with E-state index in [0.29, 0.717) is 11.8 Å². The van der Waals surface area contributed by atoms with E-state index in [0.717, 1.165) is 260 Å². The number of aryl methyl sites for hydroxylation is 2. The van der Waals surface area contributed by atoms with Crippen molar-refractivity contribution in [3.63, 3.8) is 0 Å². The lowest BCUT2D eigenvalue weighted by molar-refractivity contribution is 0.668. The Bertz CT molecular complexity index is 9180. The molecule has 10 nitrogen and oxygen atoms in total. The molecule has 0 spiro atoms. The van der Waals surface area contributed by atoms with Crippen LogP contribution in [-0.2, 0) is 0 Å². The van der Waals surface area contributed by atoms with Crippen LogP contribution in [0, 0.1) is 13.8 Å². The molecule has 0 N–H and O–H groups in total. The Morgan fingerprint density at radius 2 is 0.446 bits per heavy atom. The van der Waals surface area contributed by atoms with Gasteiger partial charge in [0.25, 0.3) is 0 Å². The zero-order valence-corrected chi connectivity index (χ0v) is 72.2. The Labute approximate surface area is 747 Å². The smallest absolute Gasteiger partial charge is 0.159 e. The summed E-state index contributed by atoms with van der Waals surface area (Å²) in [6.07, 6.45) is 0. The number of anilines is 12. The van der Waals surface area contributed by atoms with E-state index in [1.165, 1.54) is 16.7 Å². The zero-order valence-electron chi connectivity index (χ0n) is 72.2. The first-order valence-electron chi connectivity index (χ1n) is 44.8. The van der Waals surface area contributed by atoms with Crippen molar-refractivity contribution in [1.29, 1.82) is 0 Å². The summed E-state index contributed by atoms with van der Waals surface area (Å²) in [4.78, 5) is 9.57. The molecule has 0 saturated heterocycles. The van der Waals surface area contributed by atoms with Crippen LogP contribution in [-0.4, -0.2) is 0 Å². The van der Waals surface area contributed by atoms with Gasteiger partial charge in [0, 0.05) is 130 Å². The SMILES string of the molecule is Cc1ccc(N(c2cc3c4cc(N(c5ccc(C)cc5)c5cccc6c5oc5cccc(-c7ccc8c(N(c9ccc(C(C)C)cc9)c9cccc%10c9oc9ccccc9%10)cc9c%10cc(N(c%11ccc(C(C)C)cc%11)c%11cccc%12c%11oc%11ccccc%11%12)c%11ccccc%11c%10oc9c8c7)c56)c5ccccc5c4oc3c3ccccc23)c2cccc3c2oc2ccccc23)cc1. The molecule has 0 saturated carbocycles. The Hall–Kier alpha value is -16.6. The van der Waals surface area contributed by atoms with Crippen molar-refractivity contribution in [2.45, 2.75) is 53.4 Å². The van der Waals surface area contributed by atoms with Crippen LogP contribution in [0.25, 0.3) is 186 Å². The summed E-state index contributed by atoms with van der Waals surface area (Å²) >= 11 is 0. The second kappa shape index (κ2) is 29.0. The van der Waals surface area contributed by atoms with Crippen molar-refractivity contribution in [2.75, 3.05) is 19.6 Å². The van der Waals surface area contributed by atoms with Crippen molar-refractivity contribution < 1.29 is 26.5 Å². The molecule has 130 heavy (non-hydrogen) atoms. The van der Waals surface area contributed by atoms with Crippen LogP contribution in [0.15, 0.2) is 403 Å². The molecule has 618 valence electrons. The van der Waals surface area contributed by atoms with Gasteiger partial charge in [-0.3, -0.25) is 0 Å². The van der Waals surface area contributed by atoms with Gasteiger partial charge in [-0.1, -0.05) is 288 Å². The number of furan rings is 6. The van der Waals surface area contributed by atoms with Crippen LogP contribution in [0.3, 0.4) is 0 Å². The first-order valence-corrected chi connectivity index (χ1v) is 44.8. The number of fused-ring (bicyclic) bond motifs is 26. The highest BCUT2D eigenvalue weighted by Crippen LogP contribution is 2.57. The largest absolute Gasteiger partial charge is 0.455 e. The van der Waals surface area contributed by atoms with E-state index in [2.05, 4.69) is 419 Å². The summed E-state index contributed by atoms with van der Waals surface area (Å²) < 4.78 is 43.9. The zero-order chi connectivity index (χ0) is 86.4. The first-order chi connectivity index (χ1) is 63.9. The van der Waals surface area contributed by atoms with Gasteiger partial charge >= 0.3 is 0 Å². The molecule has 6 aromatic heterocycles. The Morgan fingerprint density at radius 1 is 0.185 bits per heavy atom. The summed E-state index contributed by atoms with van der Waals surface area (Å²) in [5, 5.41) is 20.0. The van der Waals surface area contributed by atoms with Gasteiger partial charge in [0.2, 0.25) is 0 Å². The summed E-state index contributed by atoms with van der Waals surface area (Å²) in [6, 6.07) is 136. The maximum atomic E-state index is 7.81. The van der Waals surface area contributed by atoms with E-state index >= 15 is 0 Å². The summed E-state index contributed by atoms with van der Waals surface area (Å²) in [5.74, 6) is 0.630. The van der Waals surface area contributed by atoms with E-state index in [1.807, 2.05) is 18.2 Å². The van der Waals surface area contributed by atoms with E-state index in [-0.39, 0.29) is 0 Å². The minimum atomic E-state index is 0.303. The molecular formula is C120H82N4O6.